The Morgan fingerprint density at radius 3 is 2.60 bits per heavy atom. The molecule has 1 heterocycles. The van der Waals surface area contributed by atoms with Crippen molar-refractivity contribution in [3.05, 3.63) is 35.2 Å². The zero-order valence-corrected chi connectivity index (χ0v) is 8.86. The lowest BCUT2D eigenvalue weighted by Gasteiger charge is -1.99. The zero-order chi connectivity index (χ0) is 10.7. The van der Waals surface area contributed by atoms with Crippen LogP contribution in [0.4, 0.5) is 0 Å². The number of hydrogen-bond donors (Lipinski definition) is 0. The molecule has 0 amide bonds. The van der Waals surface area contributed by atoms with Crippen LogP contribution in [0.3, 0.4) is 0 Å². The van der Waals surface area contributed by atoms with Crippen molar-refractivity contribution >= 4 is 11.6 Å². The molecule has 15 heavy (non-hydrogen) atoms. The number of halogens is 1. The summed E-state index contributed by atoms with van der Waals surface area (Å²) in [6, 6.07) is 7.69. The van der Waals surface area contributed by atoms with Gasteiger partial charge in [-0.15, -0.1) is 0 Å². The van der Waals surface area contributed by atoms with Gasteiger partial charge in [0.2, 0.25) is 5.82 Å². The summed E-state index contributed by atoms with van der Waals surface area (Å²) in [7, 11) is 1.66. The van der Waals surface area contributed by atoms with Gasteiger partial charge >= 0.3 is 5.35 Å². The Labute approximate surface area is 91.8 Å². The SMILES string of the molecule is COCc1ccc(-c2noc(Cl)n2)cc1. The Kier molecular flexibility index (Phi) is 2.99. The van der Waals surface area contributed by atoms with Crippen molar-refractivity contribution in [2.45, 2.75) is 6.61 Å². The van der Waals surface area contributed by atoms with Crippen molar-refractivity contribution in [2.24, 2.45) is 0 Å². The first-order valence-corrected chi connectivity index (χ1v) is 4.75. The number of benzene rings is 1. The summed E-state index contributed by atoms with van der Waals surface area (Å²) >= 11 is 5.53. The number of ether oxygens (including phenoxy) is 1. The summed E-state index contributed by atoms with van der Waals surface area (Å²) in [5.74, 6) is 0.490. The number of hydrogen-bond acceptors (Lipinski definition) is 4. The maximum atomic E-state index is 5.53. The summed E-state index contributed by atoms with van der Waals surface area (Å²) in [6.45, 7) is 0.591. The Balaban J connectivity index is 2.23. The smallest absolute Gasteiger partial charge is 0.320 e. The first kappa shape index (κ1) is 10.1. The topological polar surface area (TPSA) is 48.2 Å². The van der Waals surface area contributed by atoms with Gasteiger partial charge in [0, 0.05) is 12.7 Å². The van der Waals surface area contributed by atoms with E-state index in [-0.39, 0.29) is 5.35 Å². The van der Waals surface area contributed by atoms with Gasteiger partial charge in [0.15, 0.2) is 0 Å². The molecule has 4 nitrogen and oxygen atoms in total. The average Bonchev–Trinajstić information content (AvgIpc) is 2.67. The van der Waals surface area contributed by atoms with Crippen molar-refractivity contribution in [3.63, 3.8) is 0 Å². The molecule has 0 radical (unpaired) electrons. The maximum Gasteiger partial charge on any atom is 0.320 e. The van der Waals surface area contributed by atoms with Crippen molar-refractivity contribution in [2.75, 3.05) is 7.11 Å². The molecule has 0 saturated heterocycles. The third-order valence-corrected chi connectivity index (χ3v) is 2.08. The van der Waals surface area contributed by atoms with Crippen LogP contribution in [0.15, 0.2) is 28.8 Å². The quantitative estimate of drug-likeness (QED) is 0.804. The molecule has 0 spiro atoms. The van der Waals surface area contributed by atoms with Gasteiger partial charge in [0.1, 0.15) is 0 Å². The normalized spacial score (nSPS) is 10.5. The minimum absolute atomic E-state index is 0.0472. The minimum Gasteiger partial charge on any atom is -0.380 e. The second-order valence-electron chi connectivity index (χ2n) is 3.00. The molecule has 0 N–H and O–H groups in total. The third-order valence-electron chi connectivity index (χ3n) is 1.92. The van der Waals surface area contributed by atoms with Crippen LogP contribution >= 0.6 is 11.6 Å². The van der Waals surface area contributed by atoms with Crippen LogP contribution in [-0.2, 0) is 11.3 Å². The van der Waals surface area contributed by atoms with Crippen LogP contribution in [0.1, 0.15) is 5.56 Å². The van der Waals surface area contributed by atoms with Crippen LogP contribution in [-0.4, -0.2) is 17.3 Å². The number of aromatic nitrogens is 2. The second-order valence-corrected chi connectivity index (χ2v) is 3.32. The van der Waals surface area contributed by atoms with Gasteiger partial charge in [-0.3, -0.25) is 0 Å². The van der Waals surface area contributed by atoms with E-state index in [0.29, 0.717) is 12.4 Å². The molecule has 0 atom stereocenters. The van der Waals surface area contributed by atoms with E-state index in [0.717, 1.165) is 11.1 Å². The number of nitrogens with zero attached hydrogens (tertiary/aromatic N) is 2. The first-order valence-electron chi connectivity index (χ1n) is 4.37. The van der Waals surface area contributed by atoms with E-state index in [1.165, 1.54) is 0 Å². The molecule has 78 valence electrons. The number of methoxy groups -OCH3 is 1. The standard InChI is InChI=1S/C10H9ClN2O2/c1-14-6-7-2-4-8(5-3-7)9-12-10(11)15-13-9/h2-5H,6H2,1H3. The molecule has 5 heteroatoms. The highest BCUT2D eigenvalue weighted by Gasteiger charge is 2.05. The second kappa shape index (κ2) is 4.42. The fourth-order valence-corrected chi connectivity index (χ4v) is 1.35. The third kappa shape index (κ3) is 2.34. The van der Waals surface area contributed by atoms with E-state index in [1.54, 1.807) is 7.11 Å². The fraction of sp³-hybridized carbons (Fsp3) is 0.200. The lowest BCUT2D eigenvalue weighted by molar-refractivity contribution is 0.185. The zero-order valence-electron chi connectivity index (χ0n) is 8.11. The Bertz CT molecular complexity index is 439. The van der Waals surface area contributed by atoms with Crippen LogP contribution in [0.25, 0.3) is 11.4 Å². The first-order chi connectivity index (χ1) is 7.29. The van der Waals surface area contributed by atoms with Crippen LogP contribution < -0.4 is 0 Å². The highest BCUT2D eigenvalue weighted by atomic mass is 35.5. The van der Waals surface area contributed by atoms with E-state index in [1.807, 2.05) is 24.3 Å². The molecular formula is C10H9ClN2O2. The summed E-state index contributed by atoms with van der Waals surface area (Å²) in [5, 5.41) is 3.76. The molecule has 0 aliphatic rings. The summed E-state index contributed by atoms with van der Waals surface area (Å²) in [6.07, 6.45) is 0. The fourth-order valence-electron chi connectivity index (χ4n) is 1.24. The number of rotatable bonds is 3. The van der Waals surface area contributed by atoms with Crippen molar-refractivity contribution in [1.82, 2.24) is 10.1 Å². The predicted molar refractivity (Wildman–Crippen MR) is 55.5 cm³/mol. The van der Waals surface area contributed by atoms with Crippen molar-refractivity contribution < 1.29 is 9.26 Å². The average molecular weight is 225 g/mol. The van der Waals surface area contributed by atoms with Gasteiger partial charge in [-0.25, -0.2) is 0 Å². The molecule has 2 rings (SSSR count). The molecule has 0 fully saturated rings. The van der Waals surface area contributed by atoms with Crippen LogP contribution in [0, 0.1) is 0 Å². The highest BCUT2D eigenvalue weighted by Crippen LogP contribution is 2.18. The Morgan fingerprint density at radius 2 is 2.07 bits per heavy atom. The van der Waals surface area contributed by atoms with Crippen molar-refractivity contribution in [3.8, 4) is 11.4 Å². The van der Waals surface area contributed by atoms with Gasteiger partial charge in [-0.05, 0) is 17.2 Å². The van der Waals surface area contributed by atoms with E-state index in [2.05, 4.69) is 14.7 Å². The summed E-state index contributed by atoms with van der Waals surface area (Å²) < 4.78 is 9.68. The molecule has 0 aliphatic carbocycles. The molecule has 1 aromatic heterocycles. The van der Waals surface area contributed by atoms with Gasteiger partial charge in [-0.2, -0.15) is 4.98 Å². The van der Waals surface area contributed by atoms with E-state index < -0.39 is 0 Å². The summed E-state index contributed by atoms with van der Waals surface area (Å²) in [5.41, 5.74) is 1.96. The van der Waals surface area contributed by atoms with E-state index in [4.69, 9.17) is 16.3 Å². The predicted octanol–water partition coefficient (Wildman–Crippen LogP) is 2.54. The molecule has 0 bridgehead atoms. The minimum atomic E-state index is 0.0472. The van der Waals surface area contributed by atoms with Crippen LogP contribution in [0.2, 0.25) is 5.35 Å². The molecule has 0 aliphatic heterocycles. The molecule has 0 unspecified atom stereocenters. The maximum absolute atomic E-state index is 5.53. The lowest BCUT2D eigenvalue weighted by atomic mass is 10.1. The van der Waals surface area contributed by atoms with E-state index >= 15 is 0 Å². The molecule has 0 saturated carbocycles. The van der Waals surface area contributed by atoms with E-state index in [9.17, 15) is 0 Å². The van der Waals surface area contributed by atoms with Gasteiger partial charge in [0.05, 0.1) is 6.61 Å². The van der Waals surface area contributed by atoms with Gasteiger partial charge in [0.25, 0.3) is 0 Å². The van der Waals surface area contributed by atoms with Gasteiger partial charge in [-0.1, -0.05) is 29.4 Å². The van der Waals surface area contributed by atoms with Crippen LogP contribution in [0.5, 0.6) is 0 Å². The Hall–Kier alpha value is -1.39. The molecular weight excluding hydrogens is 216 g/mol. The summed E-state index contributed by atoms with van der Waals surface area (Å²) in [4.78, 5) is 3.91. The molecule has 1 aromatic carbocycles. The largest absolute Gasteiger partial charge is 0.380 e. The monoisotopic (exact) mass is 224 g/mol. The Morgan fingerprint density at radius 1 is 1.33 bits per heavy atom. The lowest BCUT2D eigenvalue weighted by Crippen LogP contribution is -1.87. The van der Waals surface area contributed by atoms with Crippen molar-refractivity contribution in [1.29, 1.82) is 0 Å². The molecule has 2 aromatic rings. The highest BCUT2D eigenvalue weighted by molar-refractivity contribution is 6.27. The van der Waals surface area contributed by atoms with Gasteiger partial charge < -0.3 is 9.26 Å².